The van der Waals surface area contributed by atoms with Gasteiger partial charge in [0.2, 0.25) is 0 Å². The molecule has 6 heteroatoms. The van der Waals surface area contributed by atoms with Crippen molar-refractivity contribution < 1.29 is 19.9 Å². The van der Waals surface area contributed by atoms with Crippen LogP contribution in [-0.2, 0) is 11.3 Å². The minimum atomic E-state index is -1.18. The van der Waals surface area contributed by atoms with Crippen molar-refractivity contribution in [3.8, 4) is 23.0 Å². The number of hydrogen-bond donors (Lipinski definition) is 3. The zero-order valence-corrected chi connectivity index (χ0v) is 17.4. The summed E-state index contributed by atoms with van der Waals surface area (Å²) in [6.07, 6.45) is -1.14. The fraction of sp³-hybridized carbons (Fsp3) is 0.154. The van der Waals surface area contributed by atoms with Gasteiger partial charge in [-0.05, 0) is 53.9 Å². The maximum atomic E-state index is 12.7. The number of amides is 2. The molecule has 0 radical (unpaired) electrons. The summed E-state index contributed by atoms with van der Waals surface area (Å²) < 4.78 is 0. The molecule has 1 aliphatic heterocycles. The molecule has 3 aromatic rings. The number of carbonyl (C=O) groups excluding carboxylic acids is 2. The molecule has 2 amide bonds. The molecule has 6 nitrogen and oxygen atoms in total. The van der Waals surface area contributed by atoms with Gasteiger partial charge in [-0.2, -0.15) is 0 Å². The minimum Gasteiger partial charge on any atom is -0.391 e. The van der Waals surface area contributed by atoms with Crippen LogP contribution in [0.15, 0.2) is 72.8 Å². The lowest BCUT2D eigenvalue weighted by Crippen LogP contribution is -2.52. The molecule has 160 valence electrons. The number of rotatable bonds is 4. The van der Waals surface area contributed by atoms with Crippen LogP contribution in [0.2, 0.25) is 0 Å². The molecule has 3 aromatic carbocycles. The summed E-state index contributed by atoms with van der Waals surface area (Å²) >= 11 is 0. The Bertz CT molecular complexity index is 1210. The third-order valence-corrected chi connectivity index (χ3v) is 5.45. The number of benzene rings is 3. The molecule has 0 saturated carbocycles. The number of nitrogens with zero attached hydrogens (tertiary/aromatic N) is 1. The first-order chi connectivity index (χ1) is 15.5. The second-order valence-corrected chi connectivity index (χ2v) is 7.66. The maximum absolute atomic E-state index is 12.7. The van der Waals surface area contributed by atoms with E-state index in [2.05, 4.69) is 24.0 Å². The maximum Gasteiger partial charge on any atom is 0.268 e. The highest BCUT2D eigenvalue weighted by Gasteiger charge is 2.38. The highest BCUT2D eigenvalue weighted by Crippen LogP contribution is 2.27. The van der Waals surface area contributed by atoms with Crippen LogP contribution >= 0.6 is 0 Å². The van der Waals surface area contributed by atoms with Crippen molar-refractivity contribution in [3.05, 3.63) is 95.1 Å². The topological polar surface area (TPSA) is 89.9 Å². The van der Waals surface area contributed by atoms with Crippen molar-refractivity contribution in [2.24, 2.45) is 0 Å². The average Bonchev–Trinajstić information content (AvgIpc) is 3.13. The second-order valence-electron chi connectivity index (χ2n) is 7.66. The smallest absolute Gasteiger partial charge is 0.268 e. The Hall–Kier alpha value is -3.92. The van der Waals surface area contributed by atoms with E-state index in [9.17, 15) is 14.7 Å². The van der Waals surface area contributed by atoms with E-state index < -0.39 is 18.1 Å². The number of aliphatic hydroxyl groups is 1. The lowest BCUT2D eigenvalue weighted by Gasteiger charge is -2.27. The molecule has 3 N–H and O–H groups in total. The van der Waals surface area contributed by atoms with Gasteiger partial charge in [-0.15, -0.1) is 0 Å². The Kier molecular flexibility index (Phi) is 6.04. The molecule has 1 heterocycles. The van der Waals surface area contributed by atoms with Crippen molar-refractivity contribution in [3.63, 3.8) is 0 Å². The number of nitrogens with one attached hydrogen (secondary N) is 1. The van der Waals surface area contributed by atoms with Crippen LogP contribution in [0, 0.1) is 11.8 Å². The first-order valence-electron chi connectivity index (χ1n) is 10.2. The summed E-state index contributed by atoms with van der Waals surface area (Å²) in [4.78, 5) is 25.9. The van der Waals surface area contributed by atoms with E-state index in [0.717, 1.165) is 27.8 Å². The third-order valence-electron chi connectivity index (χ3n) is 5.45. The Morgan fingerprint density at radius 1 is 0.969 bits per heavy atom. The summed E-state index contributed by atoms with van der Waals surface area (Å²) in [6, 6.07) is 22.2. The Morgan fingerprint density at radius 2 is 1.59 bits per heavy atom. The molecule has 0 aliphatic carbocycles. The lowest BCUT2D eigenvalue weighted by atomic mass is 10.0. The molecule has 0 unspecified atom stereocenters. The van der Waals surface area contributed by atoms with Gasteiger partial charge in [0.05, 0.1) is 6.10 Å². The van der Waals surface area contributed by atoms with Gasteiger partial charge in [0.25, 0.3) is 11.8 Å². The fourth-order valence-corrected chi connectivity index (χ4v) is 3.85. The summed E-state index contributed by atoms with van der Waals surface area (Å²) in [5.74, 6) is 5.05. The molecule has 0 saturated heterocycles. The molecule has 1 aliphatic rings. The Balaban J connectivity index is 1.53. The van der Waals surface area contributed by atoms with Crippen LogP contribution in [0.1, 0.15) is 34.0 Å². The van der Waals surface area contributed by atoms with Gasteiger partial charge in [-0.25, -0.2) is 5.48 Å². The van der Waals surface area contributed by atoms with Crippen LogP contribution in [0.5, 0.6) is 0 Å². The fourth-order valence-electron chi connectivity index (χ4n) is 3.85. The van der Waals surface area contributed by atoms with Crippen molar-refractivity contribution >= 4 is 11.8 Å². The summed E-state index contributed by atoms with van der Waals surface area (Å²) in [6.45, 7) is 1.55. The predicted molar refractivity (Wildman–Crippen MR) is 120 cm³/mol. The Morgan fingerprint density at radius 3 is 2.25 bits per heavy atom. The average molecular weight is 426 g/mol. The molecule has 32 heavy (non-hydrogen) atoms. The number of carbonyl (C=O) groups is 2. The summed E-state index contributed by atoms with van der Waals surface area (Å²) in [7, 11) is 0. The van der Waals surface area contributed by atoms with E-state index in [4.69, 9.17) is 5.21 Å². The monoisotopic (exact) mass is 426 g/mol. The number of fused-ring (bicyclic) bond motifs is 1. The zero-order valence-electron chi connectivity index (χ0n) is 17.4. The Labute approximate surface area is 186 Å². The molecule has 0 bridgehead atoms. The molecular weight excluding hydrogens is 404 g/mol. The number of hydrogen-bond acceptors (Lipinski definition) is 4. The van der Waals surface area contributed by atoms with Crippen LogP contribution < -0.4 is 5.48 Å². The van der Waals surface area contributed by atoms with Crippen molar-refractivity contribution in [1.82, 2.24) is 10.4 Å². The lowest BCUT2D eigenvalue weighted by molar-refractivity contribution is -0.137. The largest absolute Gasteiger partial charge is 0.391 e. The van der Waals surface area contributed by atoms with E-state index in [1.54, 1.807) is 12.1 Å². The normalized spacial score (nSPS) is 14.2. The predicted octanol–water partition coefficient (Wildman–Crippen LogP) is 2.96. The van der Waals surface area contributed by atoms with E-state index in [1.807, 2.05) is 48.5 Å². The van der Waals surface area contributed by atoms with Crippen molar-refractivity contribution in [1.29, 1.82) is 0 Å². The van der Waals surface area contributed by atoms with E-state index in [-0.39, 0.29) is 12.5 Å². The number of aliphatic hydroxyl groups excluding tert-OH is 1. The molecule has 4 rings (SSSR count). The van der Waals surface area contributed by atoms with Crippen LogP contribution in [0.3, 0.4) is 0 Å². The highest BCUT2D eigenvalue weighted by atomic mass is 16.5. The summed E-state index contributed by atoms with van der Waals surface area (Å²) in [5, 5.41) is 18.9. The third kappa shape index (κ3) is 4.26. The van der Waals surface area contributed by atoms with Gasteiger partial charge in [-0.1, -0.05) is 54.3 Å². The van der Waals surface area contributed by atoms with Gasteiger partial charge in [0.1, 0.15) is 6.04 Å². The zero-order chi connectivity index (χ0) is 22.7. The van der Waals surface area contributed by atoms with E-state index in [0.29, 0.717) is 5.56 Å². The molecule has 0 spiro atoms. The molecule has 2 atom stereocenters. The van der Waals surface area contributed by atoms with Crippen LogP contribution in [0.4, 0.5) is 0 Å². The standard InChI is InChI=1S/C26H22N2O4/c1-17(29)24(25(30)27-32)28-16-22-15-19(11-14-23(22)26(28)31)8-7-18-9-12-21(13-10-18)20-5-3-2-4-6-20/h2-6,9-15,17,24,29,32H,16H2,1H3,(H,27,30)/t17-,24-/m1/s1. The highest BCUT2D eigenvalue weighted by molar-refractivity contribution is 6.01. The minimum absolute atomic E-state index is 0.151. The molecule has 0 aromatic heterocycles. The number of hydroxylamine groups is 1. The van der Waals surface area contributed by atoms with Gasteiger partial charge in [0, 0.05) is 23.2 Å². The molecule has 0 fully saturated rings. The van der Waals surface area contributed by atoms with Gasteiger partial charge in [-0.3, -0.25) is 14.8 Å². The van der Waals surface area contributed by atoms with E-state index >= 15 is 0 Å². The van der Waals surface area contributed by atoms with Crippen molar-refractivity contribution in [2.75, 3.05) is 0 Å². The first kappa shape index (κ1) is 21.3. The first-order valence-corrected chi connectivity index (χ1v) is 10.2. The van der Waals surface area contributed by atoms with Gasteiger partial charge < -0.3 is 10.0 Å². The molecular formula is C26H22N2O4. The van der Waals surface area contributed by atoms with Crippen LogP contribution in [-0.4, -0.2) is 39.2 Å². The van der Waals surface area contributed by atoms with E-state index in [1.165, 1.54) is 17.3 Å². The summed E-state index contributed by atoms with van der Waals surface area (Å²) in [5.41, 5.74) is 6.57. The van der Waals surface area contributed by atoms with Crippen molar-refractivity contribution in [2.45, 2.75) is 25.6 Å². The second kappa shape index (κ2) is 9.06. The van der Waals surface area contributed by atoms with Crippen LogP contribution in [0.25, 0.3) is 11.1 Å². The van der Waals surface area contributed by atoms with Gasteiger partial charge >= 0.3 is 0 Å². The van der Waals surface area contributed by atoms with Gasteiger partial charge in [0.15, 0.2) is 0 Å². The SMILES string of the molecule is C[C@@H](O)[C@H](C(=O)NO)N1Cc2cc(C#Cc3ccc(-c4ccccc4)cc3)ccc2C1=O. The quantitative estimate of drug-likeness (QED) is 0.340.